The Bertz CT molecular complexity index is 715. The summed E-state index contributed by atoms with van der Waals surface area (Å²) in [5.74, 6) is 1.45. The summed E-state index contributed by atoms with van der Waals surface area (Å²) in [4.78, 5) is 2.53. The minimum atomic E-state index is -3.29. The molecule has 0 aromatic heterocycles. The van der Waals surface area contributed by atoms with Crippen molar-refractivity contribution in [2.24, 2.45) is 11.8 Å². The van der Waals surface area contributed by atoms with Gasteiger partial charge in [-0.3, -0.25) is 0 Å². The second-order valence-corrected chi connectivity index (χ2v) is 8.94. The maximum absolute atomic E-state index is 12.1. The summed E-state index contributed by atoms with van der Waals surface area (Å²) in [7, 11) is -3.29. The Morgan fingerprint density at radius 1 is 1.13 bits per heavy atom. The van der Waals surface area contributed by atoms with Crippen LogP contribution in [0.3, 0.4) is 0 Å². The van der Waals surface area contributed by atoms with E-state index in [1.54, 1.807) is 18.2 Å². The van der Waals surface area contributed by atoms with Gasteiger partial charge in [0, 0.05) is 19.3 Å². The molecular weight excluding hydrogens is 308 g/mol. The van der Waals surface area contributed by atoms with Crippen LogP contribution in [-0.2, 0) is 9.84 Å². The monoisotopic (exact) mass is 332 g/mol. The lowest BCUT2D eigenvalue weighted by Gasteiger charge is -2.28. The molecule has 5 heteroatoms. The summed E-state index contributed by atoms with van der Waals surface area (Å²) in [5, 5.41) is 9.14. The van der Waals surface area contributed by atoms with Crippen LogP contribution >= 0.6 is 0 Å². The molecule has 124 valence electrons. The van der Waals surface area contributed by atoms with E-state index in [4.69, 9.17) is 5.26 Å². The van der Waals surface area contributed by atoms with Crippen molar-refractivity contribution in [2.75, 3.05) is 24.2 Å². The van der Waals surface area contributed by atoms with E-state index in [-0.39, 0.29) is 0 Å². The van der Waals surface area contributed by atoms with Crippen LogP contribution in [0.2, 0.25) is 0 Å². The minimum Gasteiger partial charge on any atom is -0.370 e. The van der Waals surface area contributed by atoms with Gasteiger partial charge in [-0.05, 0) is 36.5 Å². The molecule has 1 unspecified atom stereocenters. The molecule has 2 fully saturated rings. The molecule has 1 aliphatic carbocycles. The third-order valence-electron chi connectivity index (χ3n) is 5.37. The number of anilines is 1. The lowest BCUT2D eigenvalue weighted by molar-refractivity contribution is 0.265. The van der Waals surface area contributed by atoms with Crippen LogP contribution in [0.15, 0.2) is 23.1 Å². The van der Waals surface area contributed by atoms with Crippen LogP contribution in [-0.4, -0.2) is 27.8 Å². The van der Waals surface area contributed by atoms with Gasteiger partial charge >= 0.3 is 0 Å². The Labute approximate surface area is 139 Å². The highest BCUT2D eigenvalue weighted by Gasteiger charge is 2.32. The number of hydrogen-bond acceptors (Lipinski definition) is 4. The van der Waals surface area contributed by atoms with E-state index in [9.17, 15) is 8.42 Å². The summed E-state index contributed by atoms with van der Waals surface area (Å²) in [6.07, 6.45) is 9.03. The molecule has 3 rings (SSSR count). The molecule has 0 spiro atoms. The van der Waals surface area contributed by atoms with Crippen LogP contribution in [0.5, 0.6) is 0 Å². The van der Waals surface area contributed by atoms with Gasteiger partial charge in [-0.25, -0.2) is 8.42 Å². The molecule has 1 atom stereocenters. The van der Waals surface area contributed by atoms with Crippen LogP contribution < -0.4 is 4.90 Å². The van der Waals surface area contributed by atoms with Gasteiger partial charge in [0.05, 0.1) is 22.2 Å². The fourth-order valence-electron chi connectivity index (χ4n) is 4.14. The highest BCUT2D eigenvalue weighted by Crippen LogP contribution is 2.38. The fraction of sp³-hybridized carbons (Fsp3) is 0.611. The molecular formula is C18H24N2O2S. The first-order valence-corrected chi connectivity index (χ1v) is 10.4. The van der Waals surface area contributed by atoms with E-state index < -0.39 is 9.84 Å². The molecule has 1 saturated heterocycles. The number of rotatable bonds is 3. The number of hydrogen-bond donors (Lipinski definition) is 0. The maximum Gasteiger partial charge on any atom is 0.177 e. The van der Waals surface area contributed by atoms with Crippen LogP contribution in [0, 0.1) is 23.2 Å². The number of nitriles is 1. The highest BCUT2D eigenvalue weighted by molar-refractivity contribution is 7.90. The van der Waals surface area contributed by atoms with Gasteiger partial charge in [0.2, 0.25) is 0 Å². The second kappa shape index (κ2) is 6.52. The zero-order valence-electron chi connectivity index (χ0n) is 13.7. The normalized spacial score (nSPS) is 23.0. The molecule has 1 aromatic rings. The SMILES string of the molecule is CS(=O)(=O)c1ccc(C#N)cc1N1CCC(C2CCCCC2)C1. The Balaban J connectivity index is 1.85. The van der Waals surface area contributed by atoms with Crippen LogP contribution in [0.1, 0.15) is 44.1 Å². The van der Waals surface area contributed by atoms with Crippen molar-refractivity contribution >= 4 is 15.5 Å². The van der Waals surface area contributed by atoms with E-state index >= 15 is 0 Å². The van der Waals surface area contributed by atoms with Gasteiger partial charge in [-0.1, -0.05) is 32.1 Å². The topological polar surface area (TPSA) is 61.2 Å². The van der Waals surface area contributed by atoms with Gasteiger partial charge in [-0.2, -0.15) is 5.26 Å². The summed E-state index contributed by atoms with van der Waals surface area (Å²) >= 11 is 0. The molecule has 1 aromatic carbocycles. The van der Waals surface area contributed by atoms with Gasteiger partial charge < -0.3 is 4.90 Å². The van der Waals surface area contributed by atoms with Crippen molar-refractivity contribution in [3.63, 3.8) is 0 Å². The van der Waals surface area contributed by atoms with Crippen molar-refractivity contribution in [3.8, 4) is 6.07 Å². The number of nitrogens with zero attached hydrogens (tertiary/aromatic N) is 2. The molecule has 1 aliphatic heterocycles. The molecule has 1 heterocycles. The van der Waals surface area contributed by atoms with Crippen molar-refractivity contribution < 1.29 is 8.42 Å². The molecule has 4 nitrogen and oxygen atoms in total. The van der Waals surface area contributed by atoms with Crippen LogP contribution in [0.4, 0.5) is 5.69 Å². The van der Waals surface area contributed by atoms with Crippen molar-refractivity contribution in [1.82, 2.24) is 0 Å². The first-order valence-electron chi connectivity index (χ1n) is 8.48. The van der Waals surface area contributed by atoms with Crippen molar-refractivity contribution in [3.05, 3.63) is 23.8 Å². The Morgan fingerprint density at radius 3 is 2.52 bits per heavy atom. The molecule has 0 N–H and O–H groups in total. The molecule has 0 amide bonds. The second-order valence-electron chi connectivity index (χ2n) is 6.96. The van der Waals surface area contributed by atoms with Crippen molar-refractivity contribution in [1.29, 1.82) is 5.26 Å². The van der Waals surface area contributed by atoms with E-state index in [0.29, 0.717) is 22.1 Å². The average Bonchev–Trinajstić information content (AvgIpc) is 3.04. The van der Waals surface area contributed by atoms with E-state index in [1.807, 2.05) is 0 Å². The Hall–Kier alpha value is -1.54. The smallest absolute Gasteiger partial charge is 0.177 e. The lowest BCUT2D eigenvalue weighted by atomic mass is 9.80. The first kappa shape index (κ1) is 16.3. The number of sulfone groups is 1. The largest absolute Gasteiger partial charge is 0.370 e. The van der Waals surface area contributed by atoms with E-state index in [1.165, 1.54) is 38.4 Å². The van der Waals surface area contributed by atoms with Crippen molar-refractivity contribution in [2.45, 2.75) is 43.4 Å². The summed E-state index contributed by atoms with van der Waals surface area (Å²) < 4.78 is 24.2. The zero-order valence-corrected chi connectivity index (χ0v) is 14.5. The number of benzene rings is 1. The molecule has 2 aliphatic rings. The van der Waals surface area contributed by atoms with E-state index in [2.05, 4.69) is 11.0 Å². The minimum absolute atomic E-state index is 0.348. The third-order valence-corrected chi connectivity index (χ3v) is 6.51. The maximum atomic E-state index is 12.1. The summed E-state index contributed by atoms with van der Waals surface area (Å²) in [6, 6.07) is 7.03. The predicted molar refractivity (Wildman–Crippen MR) is 91.2 cm³/mol. The highest BCUT2D eigenvalue weighted by atomic mass is 32.2. The molecule has 23 heavy (non-hydrogen) atoms. The quantitative estimate of drug-likeness (QED) is 0.851. The molecule has 0 radical (unpaired) electrons. The van der Waals surface area contributed by atoms with Gasteiger partial charge in [0.15, 0.2) is 9.84 Å². The van der Waals surface area contributed by atoms with Crippen LogP contribution in [0.25, 0.3) is 0 Å². The van der Waals surface area contributed by atoms with Gasteiger partial charge in [-0.15, -0.1) is 0 Å². The van der Waals surface area contributed by atoms with Gasteiger partial charge in [0.25, 0.3) is 0 Å². The zero-order chi connectivity index (χ0) is 16.4. The third kappa shape index (κ3) is 3.53. The molecule has 1 saturated carbocycles. The summed E-state index contributed by atoms with van der Waals surface area (Å²) in [5.41, 5.74) is 1.23. The first-order chi connectivity index (χ1) is 11.0. The fourth-order valence-corrected chi connectivity index (χ4v) is 5.03. The molecule has 0 bridgehead atoms. The van der Waals surface area contributed by atoms with Gasteiger partial charge in [0.1, 0.15) is 0 Å². The van der Waals surface area contributed by atoms with E-state index in [0.717, 1.165) is 25.4 Å². The summed E-state index contributed by atoms with van der Waals surface area (Å²) in [6.45, 7) is 1.81. The standard InChI is InChI=1S/C18H24N2O2S/c1-23(21,22)18-8-7-14(12-19)11-17(18)20-10-9-16(13-20)15-5-3-2-4-6-15/h7-8,11,15-16H,2-6,9-10,13H2,1H3. The lowest BCUT2D eigenvalue weighted by Crippen LogP contribution is -2.25. The Kier molecular flexibility index (Phi) is 4.63. The predicted octanol–water partition coefficient (Wildman–Crippen LogP) is 3.37. The average molecular weight is 332 g/mol. The Morgan fingerprint density at radius 2 is 1.87 bits per heavy atom.